The van der Waals surface area contributed by atoms with E-state index in [1.54, 1.807) is 6.07 Å². The molecule has 0 amide bonds. The van der Waals surface area contributed by atoms with Crippen LogP contribution in [0.25, 0.3) is 0 Å². The lowest BCUT2D eigenvalue weighted by molar-refractivity contribution is -0.150. The highest BCUT2D eigenvalue weighted by Gasteiger charge is 2.29. The molecule has 88 valence electrons. The summed E-state index contributed by atoms with van der Waals surface area (Å²) in [4.78, 5) is 12.8. The van der Waals surface area contributed by atoms with Crippen molar-refractivity contribution in [3.05, 3.63) is 22.6 Å². The monoisotopic (exact) mass is 289 g/mol. The van der Waals surface area contributed by atoms with Gasteiger partial charge in [-0.1, -0.05) is 0 Å². The molecule has 1 unspecified atom stereocenters. The van der Waals surface area contributed by atoms with E-state index < -0.39 is 12.0 Å². The fourth-order valence-corrected chi connectivity index (χ4v) is 2.03. The van der Waals surface area contributed by atoms with Gasteiger partial charge in [-0.15, -0.1) is 0 Å². The maximum absolute atomic E-state index is 11.0. The second-order valence-electron chi connectivity index (χ2n) is 3.61. The number of furan rings is 1. The lowest BCUT2D eigenvalue weighted by atomic mass is 10.2. The summed E-state index contributed by atoms with van der Waals surface area (Å²) in [5.41, 5.74) is 0. The van der Waals surface area contributed by atoms with E-state index in [-0.39, 0.29) is 6.61 Å². The minimum absolute atomic E-state index is 0.233. The van der Waals surface area contributed by atoms with E-state index in [1.807, 2.05) is 11.0 Å². The molecule has 2 heterocycles. The number of rotatable bonds is 3. The Morgan fingerprint density at radius 1 is 1.62 bits per heavy atom. The maximum Gasteiger partial charge on any atom is 0.323 e. The second-order valence-corrected chi connectivity index (χ2v) is 4.39. The fourth-order valence-electron chi connectivity index (χ4n) is 1.69. The summed E-state index contributed by atoms with van der Waals surface area (Å²) in [5, 5.41) is 9.03. The van der Waals surface area contributed by atoms with Crippen molar-refractivity contribution in [3.63, 3.8) is 0 Å². The lowest BCUT2D eigenvalue weighted by Crippen LogP contribution is -2.49. The summed E-state index contributed by atoms with van der Waals surface area (Å²) < 4.78 is 11.2. The van der Waals surface area contributed by atoms with Gasteiger partial charge in [-0.05, 0) is 28.1 Å². The minimum Gasteiger partial charge on any atom is -0.480 e. The van der Waals surface area contributed by atoms with Gasteiger partial charge in [-0.2, -0.15) is 0 Å². The van der Waals surface area contributed by atoms with Crippen LogP contribution in [-0.2, 0) is 16.1 Å². The first-order chi connectivity index (χ1) is 7.66. The number of aliphatic carboxylic acids is 1. The highest BCUT2D eigenvalue weighted by Crippen LogP contribution is 2.18. The number of carboxylic acids is 1. The summed E-state index contributed by atoms with van der Waals surface area (Å²) in [6.45, 7) is 1.89. The first-order valence-electron chi connectivity index (χ1n) is 4.95. The summed E-state index contributed by atoms with van der Waals surface area (Å²) in [6.07, 6.45) is 0. The van der Waals surface area contributed by atoms with Crippen molar-refractivity contribution in [2.24, 2.45) is 0 Å². The summed E-state index contributed by atoms with van der Waals surface area (Å²) in [7, 11) is 0. The number of hydrogen-bond donors (Lipinski definition) is 1. The van der Waals surface area contributed by atoms with Crippen LogP contribution >= 0.6 is 15.9 Å². The zero-order chi connectivity index (χ0) is 11.5. The Kier molecular flexibility index (Phi) is 3.63. The predicted molar refractivity (Wildman–Crippen MR) is 59.1 cm³/mol. The van der Waals surface area contributed by atoms with E-state index in [0.717, 1.165) is 5.76 Å². The number of morpholine rings is 1. The van der Waals surface area contributed by atoms with Gasteiger partial charge < -0.3 is 14.3 Å². The normalized spacial score (nSPS) is 22.2. The molecular weight excluding hydrogens is 278 g/mol. The molecule has 6 heteroatoms. The van der Waals surface area contributed by atoms with Crippen LogP contribution in [0.2, 0.25) is 0 Å². The van der Waals surface area contributed by atoms with Crippen LogP contribution in [0.5, 0.6) is 0 Å². The van der Waals surface area contributed by atoms with Gasteiger partial charge in [0.1, 0.15) is 11.8 Å². The van der Waals surface area contributed by atoms with Crippen LogP contribution < -0.4 is 0 Å². The summed E-state index contributed by atoms with van der Waals surface area (Å²) >= 11 is 3.21. The molecule has 2 rings (SSSR count). The molecule has 5 nitrogen and oxygen atoms in total. The number of halogens is 1. The van der Waals surface area contributed by atoms with Crippen molar-refractivity contribution in [2.45, 2.75) is 12.6 Å². The number of carbonyl (C=O) groups is 1. The Morgan fingerprint density at radius 3 is 3.06 bits per heavy atom. The van der Waals surface area contributed by atoms with Crippen molar-refractivity contribution >= 4 is 21.9 Å². The van der Waals surface area contributed by atoms with Gasteiger partial charge >= 0.3 is 5.97 Å². The molecule has 0 saturated carbocycles. The third-order valence-corrected chi connectivity index (χ3v) is 2.94. The first kappa shape index (κ1) is 11.6. The van der Waals surface area contributed by atoms with Crippen LogP contribution in [0, 0.1) is 0 Å². The Hall–Kier alpha value is -0.850. The molecule has 0 radical (unpaired) electrons. The van der Waals surface area contributed by atoms with Crippen LogP contribution in [-0.4, -0.2) is 41.8 Å². The molecule has 1 aromatic heterocycles. The molecular formula is C10H12BrNO4. The van der Waals surface area contributed by atoms with Gasteiger partial charge in [0.05, 0.1) is 19.8 Å². The smallest absolute Gasteiger partial charge is 0.323 e. The van der Waals surface area contributed by atoms with Crippen LogP contribution in [0.4, 0.5) is 0 Å². The van der Waals surface area contributed by atoms with Crippen molar-refractivity contribution in [2.75, 3.05) is 19.8 Å². The van der Waals surface area contributed by atoms with Crippen molar-refractivity contribution in [1.29, 1.82) is 0 Å². The molecule has 0 bridgehead atoms. The summed E-state index contributed by atoms with van der Waals surface area (Å²) in [5.74, 6) is -0.106. The highest BCUT2D eigenvalue weighted by molar-refractivity contribution is 9.10. The SMILES string of the molecule is O=C(O)C1COCCN1Cc1ccc(Br)o1. The average Bonchev–Trinajstić information content (AvgIpc) is 2.64. The third kappa shape index (κ3) is 2.63. The van der Waals surface area contributed by atoms with Crippen LogP contribution in [0.3, 0.4) is 0 Å². The topological polar surface area (TPSA) is 62.9 Å². The Balaban J connectivity index is 2.03. The van der Waals surface area contributed by atoms with E-state index in [0.29, 0.717) is 24.4 Å². The highest BCUT2D eigenvalue weighted by atomic mass is 79.9. The quantitative estimate of drug-likeness (QED) is 0.910. The molecule has 1 aliphatic rings. The number of ether oxygens (including phenoxy) is 1. The zero-order valence-electron chi connectivity index (χ0n) is 8.56. The van der Waals surface area contributed by atoms with Gasteiger partial charge in [-0.3, -0.25) is 9.69 Å². The zero-order valence-corrected chi connectivity index (χ0v) is 10.1. The van der Waals surface area contributed by atoms with Gasteiger partial charge in [0.15, 0.2) is 4.67 Å². The molecule has 1 N–H and O–H groups in total. The van der Waals surface area contributed by atoms with Gasteiger partial charge in [0.2, 0.25) is 0 Å². The number of carboxylic acid groups (broad SMARTS) is 1. The van der Waals surface area contributed by atoms with E-state index in [1.165, 1.54) is 0 Å². The van der Waals surface area contributed by atoms with Crippen molar-refractivity contribution in [3.8, 4) is 0 Å². The van der Waals surface area contributed by atoms with Gasteiger partial charge in [0, 0.05) is 6.54 Å². The third-order valence-electron chi connectivity index (χ3n) is 2.51. The van der Waals surface area contributed by atoms with Gasteiger partial charge in [0.25, 0.3) is 0 Å². The fraction of sp³-hybridized carbons (Fsp3) is 0.500. The van der Waals surface area contributed by atoms with Crippen molar-refractivity contribution < 1.29 is 19.1 Å². The van der Waals surface area contributed by atoms with E-state index in [9.17, 15) is 4.79 Å². The molecule has 0 aromatic carbocycles. The molecule has 1 aromatic rings. The molecule has 1 saturated heterocycles. The minimum atomic E-state index is -0.856. The van der Waals surface area contributed by atoms with Crippen LogP contribution in [0.15, 0.2) is 21.2 Å². The predicted octanol–water partition coefficient (Wildman–Crippen LogP) is 1.33. The van der Waals surface area contributed by atoms with E-state index in [4.69, 9.17) is 14.3 Å². The molecule has 1 fully saturated rings. The van der Waals surface area contributed by atoms with Crippen molar-refractivity contribution in [1.82, 2.24) is 4.90 Å². The molecule has 1 aliphatic heterocycles. The standard InChI is InChI=1S/C10H12BrNO4/c11-9-2-1-7(16-9)5-12-3-4-15-6-8(12)10(13)14/h1-2,8H,3-6H2,(H,13,14). The Labute approximate surface area is 101 Å². The largest absolute Gasteiger partial charge is 0.480 e. The van der Waals surface area contributed by atoms with E-state index >= 15 is 0 Å². The number of nitrogens with zero attached hydrogens (tertiary/aromatic N) is 1. The first-order valence-corrected chi connectivity index (χ1v) is 5.75. The van der Waals surface area contributed by atoms with Gasteiger partial charge in [-0.25, -0.2) is 0 Å². The molecule has 0 aliphatic carbocycles. The molecule has 1 atom stereocenters. The number of hydrogen-bond acceptors (Lipinski definition) is 4. The molecule has 16 heavy (non-hydrogen) atoms. The maximum atomic E-state index is 11.0. The Bertz CT molecular complexity index is 379. The summed E-state index contributed by atoms with van der Waals surface area (Å²) in [6, 6.07) is 3.04. The Morgan fingerprint density at radius 2 is 2.44 bits per heavy atom. The average molecular weight is 290 g/mol. The second kappa shape index (κ2) is 4.99. The molecule has 0 spiro atoms. The van der Waals surface area contributed by atoms with Crippen LogP contribution in [0.1, 0.15) is 5.76 Å². The van der Waals surface area contributed by atoms with E-state index in [2.05, 4.69) is 15.9 Å². The lowest BCUT2D eigenvalue weighted by Gasteiger charge is -2.31.